The van der Waals surface area contributed by atoms with E-state index in [0.717, 1.165) is 32.8 Å². The Balaban J connectivity index is 1.49. The standard InChI is InChI=1S/C27H26BrIN6O2S/c1-17-13-21(29)10-11-23(17)30-16-25-32-34-27(35(25)22-7-5-4-6-8-22)38-18(2)26(36)33-31-15-19-14-20(28)9-12-24(19)37-3/h4-15,18,30H,16H2,1-3H3,(H,33,36)/t18-/m0/s1. The van der Waals surface area contributed by atoms with E-state index in [0.29, 0.717) is 17.5 Å². The van der Waals surface area contributed by atoms with E-state index in [4.69, 9.17) is 4.74 Å². The summed E-state index contributed by atoms with van der Waals surface area (Å²) in [5, 5.41) is 16.6. The molecule has 4 aromatic rings. The molecule has 0 fully saturated rings. The van der Waals surface area contributed by atoms with E-state index >= 15 is 0 Å². The Morgan fingerprint density at radius 2 is 1.97 bits per heavy atom. The number of halogens is 2. The molecule has 0 saturated carbocycles. The number of carbonyl (C=O) groups is 1. The van der Waals surface area contributed by atoms with E-state index in [1.165, 1.54) is 15.3 Å². The monoisotopic (exact) mass is 704 g/mol. The molecule has 196 valence electrons. The summed E-state index contributed by atoms with van der Waals surface area (Å²) in [6.45, 7) is 4.36. The van der Waals surface area contributed by atoms with Crippen LogP contribution >= 0.6 is 50.3 Å². The maximum atomic E-state index is 12.8. The lowest BCUT2D eigenvalue weighted by Crippen LogP contribution is -2.27. The van der Waals surface area contributed by atoms with Crippen LogP contribution < -0.4 is 15.5 Å². The number of thioether (sulfide) groups is 1. The average Bonchev–Trinajstić information content (AvgIpc) is 3.30. The number of aryl methyl sites for hydroxylation is 1. The van der Waals surface area contributed by atoms with E-state index in [1.807, 2.05) is 60.0 Å². The molecule has 38 heavy (non-hydrogen) atoms. The Morgan fingerprint density at radius 3 is 2.71 bits per heavy atom. The van der Waals surface area contributed by atoms with Gasteiger partial charge in [-0.05, 0) is 90.5 Å². The molecule has 1 atom stereocenters. The smallest absolute Gasteiger partial charge is 0.253 e. The number of methoxy groups -OCH3 is 1. The van der Waals surface area contributed by atoms with Crippen LogP contribution in [0.1, 0.15) is 23.9 Å². The Labute approximate surface area is 247 Å². The molecule has 1 heterocycles. The van der Waals surface area contributed by atoms with Gasteiger partial charge in [0, 0.05) is 25.0 Å². The van der Waals surface area contributed by atoms with Gasteiger partial charge >= 0.3 is 0 Å². The van der Waals surface area contributed by atoms with Gasteiger partial charge < -0.3 is 10.1 Å². The fourth-order valence-electron chi connectivity index (χ4n) is 3.60. The fraction of sp³-hybridized carbons (Fsp3) is 0.185. The summed E-state index contributed by atoms with van der Waals surface area (Å²) in [5.41, 5.74) is 6.47. The number of anilines is 1. The van der Waals surface area contributed by atoms with Crippen molar-refractivity contribution in [2.24, 2.45) is 5.10 Å². The van der Waals surface area contributed by atoms with Gasteiger partial charge in [-0.15, -0.1) is 10.2 Å². The van der Waals surface area contributed by atoms with Crippen LogP contribution in [-0.4, -0.2) is 39.2 Å². The second-order valence-corrected chi connectivity index (χ2v) is 11.7. The molecule has 0 aliphatic carbocycles. The number of aromatic nitrogens is 3. The zero-order valence-corrected chi connectivity index (χ0v) is 25.5. The van der Waals surface area contributed by atoms with Crippen LogP contribution in [0.2, 0.25) is 0 Å². The second kappa shape index (κ2) is 13.3. The number of amides is 1. The number of rotatable bonds is 10. The third kappa shape index (κ3) is 7.14. The summed E-state index contributed by atoms with van der Waals surface area (Å²) in [6, 6.07) is 21.7. The van der Waals surface area contributed by atoms with Crippen LogP contribution in [0, 0.1) is 10.5 Å². The van der Waals surface area contributed by atoms with Gasteiger partial charge in [0.15, 0.2) is 11.0 Å². The number of nitrogens with zero attached hydrogens (tertiary/aromatic N) is 4. The van der Waals surface area contributed by atoms with Gasteiger partial charge in [-0.1, -0.05) is 45.9 Å². The SMILES string of the molecule is COc1ccc(Br)cc1C=NNC(=O)[C@H](C)Sc1nnc(CNc2ccc(I)cc2C)n1-c1ccccc1. The zero-order chi connectivity index (χ0) is 27.1. The third-order valence-electron chi connectivity index (χ3n) is 5.56. The number of para-hydroxylation sites is 1. The van der Waals surface area contributed by atoms with Crippen LogP contribution in [-0.2, 0) is 11.3 Å². The highest BCUT2D eigenvalue weighted by Crippen LogP contribution is 2.27. The van der Waals surface area contributed by atoms with E-state index < -0.39 is 5.25 Å². The van der Waals surface area contributed by atoms with Crippen LogP contribution in [0.15, 0.2) is 81.5 Å². The number of hydrogen-bond acceptors (Lipinski definition) is 7. The minimum Gasteiger partial charge on any atom is -0.496 e. The molecule has 0 aliphatic rings. The third-order valence-corrected chi connectivity index (χ3v) is 7.77. The van der Waals surface area contributed by atoms with Crippen LogP contribution in [0.5, 0.6) is 5.75 Å². The maximum Gasteiger partial charge on any atom is 0.253 e. The summed E-state index contributed by atoms with van der Waals surface area (Å²) in [5.74, 6) is 1.15. The van der Waals surface area contributed by atoms with Gasteiger partial charge in [-0.2, -0.15) is 5.10 Å². The molecule has 3 aromatic carbocycles. The molecule has 0 spiro atoms. The molecule has 4 rings (SSSR count). The van der Waals surface area contributed by atoms with Crippen molar-refractivity contribution < 1.29 is 9.53 Å². The number of hydrogen-bond donors (Lipinski definition) is 2. The summed E-state index contributed by atoms with van der Waals surface area (Å²) < 4.78 is 9.39. The normalized spacial score (nSPS) is 11.9. The average molecular weight is 705 g/mol. The lowest BCUT2D eigenvalue weighted by Gasteiger charge is -2.14. The van der Waals surface area contributed by atoms with E-state index in [1.54, 1.807) is 13.3 Å². The number of carbonyl (C=O) groups excluding carboxylic acids is 1. The molecule has 0 saturated heterocycles. The number of benzene rings is 3. The van der Waals surface area contributed by atoms with Crippen molar-refractivity contribution >= 4 is 68.1 Å². The molecule has 0 aliphatic heterocycles. The first-order valence-corrected chi connectivity index (χ1v) is 14.4. The summed E-state index contributed by atoms with van der Waals surface area (Å²) in [6.07, 6.45) is 1.56. The molecule has 1 aromatic heterocycles. The fourth-order valence-corrected chi connectivity index (χ4v) is 5.51. The van der Waals surface area contributed by atoms with Gasteiger partial charge in [0.25, 0.3) is 5.91 Å². The van der Waals surface area contributed by atoms with Crippen molar-refractivity contribution in [3.05, 3.63) is 91.7 Å². The molecular weight excluding hydrogens is 679 g/mol. The van der Waals surface area contributed by atoms with Crippen molar-refractivity contribution in [3.63, 3.8) is 0 Å². The minimum absolute atomic E-state index is 0.253. The summed E-state index contributed by atoms with van der Waals surface area (Å²) in [4.78, 5) is 12.8. The Hall–Kier alpha value is -2.90. The number of hydrazone groups is 1. The lowest BCUT2D eigenvalue weighted by molar-refractivity contribution is -0.120. The highest BCUT2D eigenvalue weighted by Gasteiger charge is 2.21. The lowest BCUT2D eigenvalue weighted by atomic mass is 10.2. The first-order chi connectivity index (χ1) is 18.4. The zero-order valence-electron chi connectivity index (χ0n) is 21.0. The molecule has 0 radical (unpaired) electrons. The van der Waals surface area contributed by atoms with Gasteiger partial charge in [0.05, 0.1) is 25.1 Å². The molecule has 2 N–H and O–H groups in total. The molecule has 0 bridgehead atoms. The number of nitrogens with one attached hydrogen (secondary N) is 2. The maximum absolute atomic E-state index is 12.8. The van der Waals surface area contributed by atoms with E-state index in [-0.39, 0.29) is 5.91 Å². The highest BCUT2D eigenvalue weighted by molar-refractivity contribution is 14.1. The van der Waals surface area contributed by atoms with Crippen LogP contribution in [0.25, 0.3) is 5.69 Å². The molecule has 8 nitrogen and oxygen atoms in total. The topological polar surface area (TPSA) is 93.4 Å². The Bertz CT molecular complexity index is 1450. The molecule has 0 unspecified atom stereocenters. The van der Waals surface area contributed by atoms with Gasteiger partial charge in [-0.25, -0.2) is 5.43 Å². The van der Waals surface area contributed by atoms with Crippen molar-refractivity contribution in [2.75, 3.05) is 12.4 Å². The molecule has 11 heteroatoms. The molecule has 1 amide bonds. The number of ether oxygens (including phenoxy) is 1. The van der Waals surface area contributed by atoms with Gasteiger partial charge in [-0.3, -0.25) is 9.36 Å². The predicted octanol–water partition coefficient (Wildman–Crippen LogP) is 6.19. The van der Waals surface area contributed by atoms with Gasteiger partial charge in [0.2, 0.25) is 0 Å². The largest absolute Gasteiger partial charge is 0.496 e. The Kier molecular flexibility index (Phi) is 9.80. The van der Waals surface area contributed by atoms with Crippen LogP contribution in [0.3, 0.4) is 0 Å². The van der Waals surface area contributed by atoms with Crippen LogP contribution in [0.4, 0.5) is 5.69 Å². The minimum atomic E-state index is -0.470. The quantitative estimate of drug-likeness (QED) is 0.0885. The van der Waals surface area contributed by atoms with E-state index in [9.17, 15) is 4.79 Å². The summed E-state index contributed by atoms with van der Waals surface area (Å²) in [7, 11) is 1.59. The van der Waals surface area contributed by atoms with Crippen molar-refractivity contribution in [1.29, 1.82) is 0 Å². The Morgan fingerprint density at radius 1 is 1.18 bits per heavy atom. The predicted molar refractivity (Wildman–Crippen MR) is 164 cm³/mol. The van der Waals surface area contributed by atoms with Crippen molar-refractivity contribution in [2.45, 2.75) is 30.8 Å². The van der Waals surface area contributed by atoms with E-state index in [2.05, 4.69) is 89.7 Å². The summed E-state index contributed by atoms with van der Waals surface area (Å²) >= 11 is 7.06. The highest BCUT2D eigenvalue weighted by atomic mass is 127. The first-order valence-electron chi connectivity index (χ1n) is 11.7. The first kappa shape index (κ1) is 28.1. The van der Waals surface area contributed by atoms with Crippen molar-refractivity contribution in [1.82, 2.24) is 20.2 Å². The molecular formula is C27H26BrIN6O2S. The van der Waals surface area contributed by atoms with Gasteiger partial charge in [0.1, 0.15) is 5.75 Å². The second-order valence-electron chi connectivity index (χ2n) is 8.26. The van der Waals surface area contributed by atoms with Crippen molar-refractivity contribution in [3.8, 4) is 11.4 Å².